The molecule has 0 saturated heterocycles. The molecule has 0 bridgehead atoms. The number of nitro benzene ring substituents is 1. The van der Waals surface area contributed by atoms with Crippen molar-refractivity contribution in [3.8, 4) is 17.7 Å². The molecule has 0 unspecified atom stereocenters. The number of aromatic nitrogens is 2. The van der Waals surface area contributed by atoms with Gasteiger partial charge in [0.05, 0.1) is 16.7 Å². The van der Waals surface area contributed by atoms with Gasteiger partial charge in [-0.15, -0.1) is 5.10 Å². The quantitative estimate of drug-likeness (QED) is 0.632. The van der Waals surface area contributed by atoms with Crippen LogP contribution < -0.4 is 4.74 Å². The van der Waals surface area contributed by atoms with Gasteiger partial charge in [-0.25, -0.2) is 0 Å². The monoisotopic (exact) mass is 318 g/mol. The van der Waals surface area contributed by atoms with Gasteiger partial charge in [0, 0.05) is 0 Å². The fraction of sp³-hybridized carbons (Fsp3) is 0.214. The Balaban J connectivity index is 2.53. The molecule has 0 aliphatic rings. The van der Waals surface area contributed by atoms with Gasteiger partial charge in [-0.1, -0.05) is 11.6 Å². The summed E-state index contributed by atoms with van der Waals surface area (Å²) in [5, 5.41) is 27.9. The number of halogens is 1. The summed E-state index contributed by atoms with van der Waals surface area (Å²) in [6.07, 6.45) is 0. The maximum atomic E-state index is 10.9. The summed E-state index contributed by atoms with van der Waals surface area (Å²) in [4.78, 5) is 10.3. The summed E-state index contributed by atoms with van der Waals surface area (Å²) in [6.45, 7) is 5.14. The molecule has 0 aliphatic carbocycles. The van der Waals surface area contributed by atoms with Crippen LogP contribution in [0.25, 0.3) is 0 Å². The van der Waals surface area contributed by atoms with Crippen LogP contribution in [0.15, 0.2) is 12.1 Å². The second-order valence-electron chi connectivity index (χ2n) is 4.63. The SMILES string of the molecule is Cc1cc(Cl)c([N+](=O)[O-])cc1Oc1nnc(C)c(C)c1C#N. The topological polar surface area (TPSA) is 102 Å². The smallest absolute Gasteiger partial charge is 0.291 e. The number of nitriles is 1. The van der Waals surface area contributed by atoms with E-state index in [2.05, 4.69) is 10.2 Å². The van der Waals surface area contributed by atoms with E-state index in [1.165, 1.54) is 12.1 Å². The summed E-state index contributed by atoms with van der Waals surface area (Å²) in [5.41, 5.74) is 1.80. The minimum absolute atomic E-state index is 0.00493. The van der Waals surface area contributed by atoms with Crippen LogP contribution in [0.1, 0.15) is 22.4 Å². The first-order chi connectivity index (χ1) is 10.3. The highest BCUT2D eigenvalue weighted by atomic mass is 35.5. The molecule has 0 atom stereocenters. The van der Waals surface area contributed by atoms with Crippen LogP contribution in [0.2, 0.25) is 5.02 Å². The zero-order chi connectivity index (χ0) is 16.4. The van der Waals surface area contributed by atoms with Crippen LogP contribution >= 0.6 is 11.6 Å². The zero-order valence-electron chi connectivity index (χ0n) is 12.0. The number of hydrogen-bond acceptors (Lipinski definition) is 6. The Kier molecular flexibility index (Phi) is 4.24. The number of benzene rings is 1. The number of hydrogen-bond donors (Lipinski definition) is 0. The van der Waals surface area contributed by atoms with Gasteiger partial charge < -0.3 is 4.74 Å². The van der Waals surface area contributed by atoms with Crippen molar-refractivity contribution in [2.24, 2.45) is 0 Å². The van der Waals surface area contributed by atoms with Gasteiger partial charge in [0.1, 0.15) is 22.4 Å². The molecule has 0 amide bonds. The highest BCUT2D eigenvalue weighted by Gasteiger charge is 2.19. The van der Waals surface area contributed by atoms with Gasteiger partial charge >= 0.3 is 0 Å². The lowest BCUT2D eigenvalue weighted by molar-refractivity contribution is -0.384. The summed E-state index contributed by atoms with van der Waals surface area (Å²) in [5.74, 6) is 0.204. The zero-order valence-corrected chi connectivity index (χ0v) is 12.8. The van der Waals surface area contributed by atoms with Crippen molar-refractivity contribution in [3.05, 3.63) is 49.7 Å². The predicted molar refractivity (Wildman–Crippen MR) is 79.1 cm³/mol. The first kappa shape index (κ1) is 15.7. The molecule has 0 N–H and O–H groups in total. The Bertz CT molecular complexity index is 815. The van der Waals surface area contributed by atoms with E-state index in [1.807, 2.05) is 6.07 Å². The molecule has 1 aromatic heterocycles. The Labute approximate surface area is 131 Å². The molecule has 8 heteroatoms. The van der Waals surface area contributed by atoms with Crippen LogP contribution in [-0.2, 0) is 0 Å². The van der Waals surface area contributed by atoms with Crippen LogP contribution in [0, 0.1) is 42.2 Å². The van der Waals surface area contributed by atoms with E-state index in [-0.39, 0.29) is 27.9 Å². The van der Waals surface area contributed by atoms with Crippen molar-refractivity contribution in [3.63, 3.8) is 0 Å². The average molecular weight is 319 g/mol. The number of aryl methyl sites for hydroxylation is 2. The van der Waals surface area contributed by atoms with Gasteiger partial charge in [-0.2, -0.15) is 10.4 Å². The van der Waals surface area contributed by atoms with E-state index in [1.54, 1.807) is 20.8 Å². The largest absolute Gasteiger partial charge is 0.436 e. The minimum Gasteiger partial charge on any atom is -0.436 e. The third-order valence-corrected chi connectivity index (χ3v) is 3.48. The van der Waals surface area contributed by atoms with Gasteiger partial charge in [0.25, 0.3) is 11.6 Å². The Morgan fingerprint density at radius 1 is 1.32 bits per heavy atom. The van der Waals surface area contributed by atoms with Crippen LogP contribution in [0.4, 0.5) is 5.69 Å². The molecule has 112 valence electrons. The van der Waals surface area contributed by atoms with Crippen molar-refractivity contribution in [2.45, 2.75) is 20.8 Å². The highest BCUT2D eigenvalue weighted by Crippen LogP contribution is 2.35. The highest BCUT2D eigenvalue weighted by molar-refractivity contribution is 6.32. The number of rotatable bonds is 3. The molecule has 0 spiro atoms. The molecule has 0 saturated carbocycles. The molecule has 0 aliphatic heterocycles. The lowest BCUT2D eigenvalue weighted by Gasteiger charge is -2.11. The first-order valence-electron chi connectivity index (χ1n) is 6.21. The predicted octanol–water partition coefficient (Wildman–Crippen LogP) is 3.63. The Morgan fingerprint density at radius 2 is 2.00 bits per heavy atom. The van der Waals surface area contributed by atoms with E-state index >= 15 is 0 Å². The molecule has 7 nitrogen and oxygen atoms in total. The summed E-state index contributed by atoms with van der Waals surface area (Å²) >= 11 is 5.83. The van der Waals surface area contributed by atoms with Gasteiger partial charge in [0.15, 0.2) is 0 Å². The maximum Gasteiger partial charge on any atom is 0.291 e. The lowest BCUT2D eigenvalue weighted by Crippen LogP contribution is -2.01. The van der Waals surface area contributed by atoms with Gasteiger partial charge in [-0.05, 0) is 38.0 Å². The number of nitro groups is 1. The minimum atomic E-state index is -0.605. The van der Waals surface area contributed by atoms with E-state index in [9.17, 15) is 15.4 Å². The third kappa shape index (κ3) is 2.82. The average Bonchev–Trinajstić information content (AvgIpc) is 2.45. The van der Waals surface area contributed by atoms with Crippen molar-refractivity contribution in [2.75, 3.05) is 0 Å². The molecular formula is C14H11ClN4O3. The van der Waals surface area contributed by atoms with Gasteiger partial charge in [0.2, 0.25) is 0 Å². The van der Waals surface area contributed by atoms with Crippen molar-refractivity contribution in [1.29, 1.82) is 5.26 Å². The Hall–Kier alpha value is -2.72. The van der Waals surface area contributed by atoms with E-state index in [0.29, 0.717) is 16.8 Å². The van der Waals surface area contributed by atoms with E-state index in [0.717, 1.165) is 0 Å². The van der Waals surface area contributed by atoms with E-state index < -0.39 is 4.92 Å². The van der Waals surface area contributed by atoms with E-state index in [4.69, 9.17) is 16.3 Å². The number of ether oxygens (including phenoxy) is 1. The lowest BCUT2D eigenvalue weighted by atomic mass is 10.1. The summed E-state index contributed by atoms with van der Waals surface area (Å²) in [6, 6.07) is 4.64. The fourth-order valence-corrected chi connectivity index (χ4v) is 2.07. The molecule has 2 rings (SSSR count). The summed E-state index contributed by atoms with van der Waals surface area (Å²) < 4.78 is 5.55. The van der Waals surface area contributed by atoms with Gasteiger partial charge in [-0.3, -0.25) is 10.1 Å². The fourth-order valence-electron chi connectivity index (χ4n) is 1.79. The second kappa shape index (κ2) is 5.95. The molecule has 2 aromatic rings. The van der Waals surface area contributed by atoms with Crippen molar-refractivity contribution >= 4 is 17.3 Å². The number of nitrogens with zero attached hydrogens (tertiary/aromatic N) is 4. The first-order valence-corrected chi connectivity index (χ1v) is 6.59. The molecule has 22 heavy (non-hydrogen) atoms. The maximum absolute atomic E-state index is 10.9. The van der Waals surface area contributed by atoms with Crippen LogP contribution in [0.3, 0.4) is 0 Å². The molecule has 1 aromatic carbocycles. The Morgan fingerprint density at radius 3 is 2.59 bits per heavy atom. The molecule has 1 heterocycles. The molecule has 0 radical (unpaired) electrons. The molecule has 0 fully saturated rings. The van der Waals surface area contributed by atoms with Crippen LogP contribution in [0.5, 0.6) is 11.6 Å². The summed E-state index contributed by atoms with van der Waals surface area (Å²) in [7, 11) is 0. The normalized spacial score (nSPS) is 10.1. The standard InChI is InChI=1S/C14H11ClN4O3/c1-7-4-11(15)12(19(20)21)5-13(7)22-14-10(6-16)8(2)9(3)17-18-14/h4-5H,1-3H3. The third-order valence-electron chi connectivity index (χ3n) is 3.18. The van der Waals surface area contributed by atoms with Crippen LogP contribution in [-0.4, -0.2) is 15.1 Å². The van der Waals surface area contributed by atoms with Crippen molar-refractivity contribution in [1.82, 2.24) is 10.2 Å². The van der Waals surface area contributed by atoms with Crippen molar-refractivity contribution < 1.29 is 9.66 Å². The second-order valence-corrected chi connectivity index (χ2v) is 5.04. The molecular weight excluding hydrogens is 308 g/mol.